The van der Waals surface area contributed by atoms with Crippen LogP contribution in [0.15, 0.2) is 24.3 Å². The normalized spacial score (nSPS) is 21.3. The van der Waals surface area contributed by atoms with E-state index in [1.807, 2.05) is 25.1 Å². The standard InChI is InChI=1S/C12H15NO2/c1-9-4-3-5-10(8-9)11-6-7-13(2)12(14)15-11/h3-5,8,11H,6-7H2,1-2H3. The molecule has 1 fully saturated rings. The largest absolute Gasteiger partial charge is 0.441 e. The summed E-state index contributed by atoms with van der Waals surface area (Å²) in [5.74, 6) is 0. The summed E-state index contributed by atoms with van der Waals surface area (Å²) in [7, 11) is 1.76. The topological polar surface area (TPSA) is 29.5 Å². The minimum Gasteiger partial charge on any atom is -0.441 e. The highest BCUT2D eigenvalue weighted by molar-refractivity contribution is 5.68. The zero-order chi connectivity index (χ0) is 10.8. The lowest BCUT2D eigenvalue weighted by atomic mass is 10.0. The third kappa shape index (κ3) is 2.12. The number of ether oxygens (including phenoxy) is 1. The highest BCUT2D eigenvalue weighted by Gasteiger charge is 2.25. The monoisotopic (exact) mass is 205 g/mol. The van der Waals surface area contributed by atoms with E-state index in [9.17, 15) is 4.79 Å². The Bertz CT molecular complexity index is 376. The third-order valence-electron chi connectivity index (χ3n) is 2.70. The van der Waals surface area contributed by atoms with Crippen molar-refractivity contribution in [1.29, 1.82) is 0 Å². The Kier molecular flexibility index (Phi) is 2.62. The molecule has 0 aromatic heterocycles. The molecule has 3 nitrogen and oxygen atoms in total. The van der Waals surface area contributed by atoms with Gasteiger partial charge in [-0.05, 0) is 12.5 Å². The number of carbonyl (C=O) groups is 1. The second-order valence-corrected chi connectivity index (χ2v) is 4.00. The summed E-state index contributed by atoms with van der Waals surface area (Å²) in [5.41, 5.74) is 2.29. The van der Waals surface area contributed by atoms with E-state index in [1.165, 1.54) is 5.56 Å². The third-order valence-corrected chi connectivity index (χ3v) is 2.70. The number of cyclic esters (lactones) is 1. The van der Waals surface area contributed by atoms with Gasteiger partial charge in [-0.3, -0.25) is 0 Å². The molecular weight excluding hydrogens is 190 g/mol. The summed E-state index contributed by atoms with van der Waals surface area (Å²) >= 11 is 0. The minimum atomic E-state index is -0.229. The molecule has 1 heterocycles. The lowest BCUT2D eigenvalue weighted by molar-refractivity contribution is 0.0324. The maximum absolute atomic E-state index is 11.4. The molecule has 1 aromatic carbocycles. The van der Waals surface area contributed by atoms with E-state index in [0.29, 0.717) is 0 Å². The molecule has 0 spiro atoms. The first-order valence-corrected chi connectivity index (χ1v) is 5.15. The van der Waals surface area contributed by atoms with E-state index in [-0.39, 0.29) is 12.2 Å². The quantitative estimate of drug-likeness (QED) is 0.705. The lowest BCUT2D eigenvalue weighted by Gasteiger charge is -2.29. The van der Waals surface area contributed by atoms with Crippen molar-refractivity contribution in [3.05, 3.63) is 35.4 Å². The number of rotatable bonds is 1. The molecule has 0 saturated carbocycles. The molecule has 1 unspecified atom stereocenters. The Labute approximate surface area is 89.7 Å². The molecule has 1 saturated heterocycles. The Morgan fingerprint density at radius 3 is 2.93 bits per heavy atom. The van der Waals surface area contributed by atoms with Crippen LogP contribution in [0.1, 0.15) is 23.7 Å². The Morgan fingerprint density at radius 2 is 2.27 bits per heavy atom. The molecule has 15 heavy (non-hydrogen) atoms. The van der Waals surface area contributed by atoms with Gasteiger partial charge in [-0.2, -0.15) is 0 Å². The second kappa shape index (κ2) is 3.93. The molecule has 0 radical (unpaired) electrons. The van der Waals surface area contributed by atoms with Crippen molar-refractivity contribution >= 4 is 6.09 Å². The summed E-state index contributed by atoms with van der Waals surface area (Å²) in [5, 5.41) is 0. The van der Waals surface area contributed by atoms with Crippen molar-refractivity contribution in [1.82, 2.24) is 4.90 Å². The lowest BCUT2D eigenvalue weighted by Crippen LogP contribution is -2.35. The van der Waals surface area contributed by atoms with Gasteiger partial charge in [0.1, 0.15) is 6.10 Å². The summed E-state index contributed by atoms with van der Waals surface area (Å²) in [4.78, 5) is 13.0. The summed E-state index contributed by atoms with van der Waals surface area (Å²) in [6, 6.07) is 8.12. The number of nitrogens with zero attached hydrogens (tertiary/aromatic N) is 1. The number of benzene rings is 1. The average molecular weight is 205 g/mol. The van der Waals surface area contributed by atoms with Crippen LogP contribution in [0.5, 0.6) is 0 Å². The highest BCUT2D eigenvalue weighted by atomic mass is 16.6. The van der Waals surface area contributed by atoms with Crippen LogP contribution in [0.2, 0.25) is 0 Å². The number of hydrogen-bond donors (Lipinski definition) is 0. The Balaban J connectivity index is 2.15. The van der Waals surface area contributed by atoms with Crippen LogP contribution in [0.3, 0.4) is 0 Å². The molecule has 3 heteroatoms. The van der Waals surface area contributed by atoms with E-state index in [1.54, 1.807) is 11.9 Å². The summed E-state index contributed by atoms with van der Waals surface area (Å²) in [6.07, 6.45) is 0.562. The van der Waals surface area contributed by atoms with Gasteiger partial charge in [0.05, 0.1) is 0 Å². The van der Waals surface area contributed by atoms with Gasteiger partial charge in [-0.1, -0.05) is 29.8 Å². The zero-order valence-electron chi connectivity index (χ0n) is 9.06. The maximum Gasteiger partial charge on any atom is 0.410 e. The van der Waals surface area contributed by atoms with Gasteiger partial charge in [-0.15, -0.1) is 0 Å². The van der Waals surface area contributed by atoms with Crippen molar-refractivity contribution in [2.75, 3.05) is 13.6 Å². The van der Waals surface area contributed by atoms with Gasteiger partial charge in [0.2, 0.25) is 0 Å². The number of hydrogen-bond acceptors (Lipinski definition) is 2. The summed E-state index contributed by atoms with van der Waals surface area (Å²) in [6.45, 7) is 2.80. The van der Waals surface area contributed by atoms with Gasteiger partial charge in [0.15, 0.2) is 0 Å². The van der Waals surface area contributed by atoms with E-state index >= 15 is 0 Å². The molecule has 2 rings (SSSR count). The Hall–Kier alpha value is -1.51. The van der Waals surface area contributed by atoms with Gasteiger partial charge in [0, 0.05) is 20.0 Å². The van der Waals surface area contributed by atoms with E-state index in [4.69, 9.17) is 4.74 Å². The van der Waals surface area contributed by atoms with E-state index in [2.05, 4.69) is 6.07 Å². The van der Waals surface area contributed by atoms with Gasteiger partial charge in [-0.25, -0.2) is 4.79 Å². The van der Waals surface area contributed by atoms with Crippen LogP contribution in [0.4, 0.5) is 4.79 Å². The van der Waals surface area contributed by atoms with Crippen LogP contribution in [-0.2, 0) is 4.74 Å². The smallest absolute Gasteiger partial charge is 0.410 e. The highest BCUT2D eigenvalue weighted by Crippen LogP contribution is 2.26. The van der Waals surface area contributed by atoms with Crippen molar-refractivity contribution in [2.24, 2.45) is 0 Å². The Morgan fingerprint density at radius 1 is 1.47 bits per heavy atom. The van der Waals surface area contributed by atoms with Crippen molar-refractivity contribution in [2.45, 2.75) is 19.4 Å². The van der Waals surface area contributed by atoms with Crippen molar-refractivity contribution in [3.63, 3.8) is 0 Å². The molecule has 1 aromatic rings. The van der Waals surface area contributed by atoms with Crippen LogP contribution >= 0.6 is 0 Å². The first-order valence-electron chi connectivity index (χ1n) is 5.15. The number of aryl methyl sites for hydroxylation is 1. The number of amides is 1. The van der Waals surface area contributed by atoms with E-state index < -0.39 is 0 Å². The minimum absolute atomic E-state index is 0.0754. The predicted octanol–water partition coefficient (Wildman–Crippen LogP) is 2.51. The molecule has 1 aliphatic heterocycles. The zero-order valence-corrected chi connectivity index (χ0v) is 9.06. The first kappa shape index (κ1) is 10.0. The fraction of sp³-hybridized carbons (Fsp3) is 0.417. The molecule has 1 amide bonds. The molecule has 1 aliphatic rings. The van der Waals surface area contributed by atoms with Crippen molar-refractivity contribution in [3.8, 4) is 0 Å². The summed E-state index contributed by atoms with van der Waals surface area (Å²) < 4.78 is 5.33. The number of carbonyl (C=O) groups excluding carboxylic acids is 1. The van der Waals surface area contributed by atoms with Crippen LogP contribution < -0.4 is 0 Å². The van der Waals surface area contributed by atoms with E-state index in [0.717, 1.165) is 18.5 Å². The fourth-order valence-corrected chi connectivity index (χ4v) is 1.78. The maximum atomic E-state index is 11.4. The van der Waals surface area contributed by atoms with Crippen LogP contribution in [0, 0.1) is 6.92 Å². The van der Waals surface area contributed by atoms with Gasteiger partial charge < -0.3 is 9.64 Å². The van der Waals surface area contributed by atoms with Crippen LogP contribution in [0.25, 0.3) is 0 Å². The molecule has 1 atom stereocenters. The molecule has 0 bridgehead atoms. The molecule has 0 N–H and O–H groups in total. The van der Waals surface area contributed by atoms with Crippen molar-refractivity contribution < 1.29 is 9.53 Å². The SMILES string of the molecule is Cc1cccc(C2CCN(C)C(=O)O2)c1. The average Bonchev–Trinajstić information content (AvgIpc) is 2.22. The fourth-order valence-electron chi connectivity index (χ4n) is 1.78. The predicted molar refractivity (Wildman–Crippen MR) is 57.6 cm³/mol. The van der Waals surface area contributed by atoms with Gasteiger partial charge in [0.25, 0.3) is 0 Å². The molecule has 0 aliphatic carbocycles. The molecular formula is C12H15NO2. The first-order chi connectivity index (χ1) is 7.16. The van der Waals surface area contributed by atoms with Crippen LogP contribution in [-0.4, -0.2) is 24.6 Å². The second-order valence-electron chi connectivity index (χ2n) is 4.00. The molecule has 80 valence electrons. The van der Waals surface area contributed by atoms with Gasteiger partial charge >= 0.3 is 6.09 Å².